The number of hydrogen-bond acceptors (Lipinski definition) is 4. The maximum absolute atomic E-state index is 9.49. The molecule has 5 heteroatoms. The van der Waals surface area contributed by atoms with Crippen LogP contribution in [0.3, 0.4) is 0 Å². The average Bonchev–Trinajstić information content (AvgIpc) is 1.87. The van der Waals surface area contributed by atoms with E-state index in [4.69, 9.17) is 0 Å². The van der Waals surface area contributed by atoms with Crippen LogP contribution in [0.4, 0.5) is 0 Å². The Morgan fingerprint density at radius 2 is 1.15 bits per heavy atom. The summed E-state index contributed by atoms with van der Waals surface area (Å²) >= 11 is 0. The molecule has 0 radical (unpaired) electrons. The zero-order valence-electron chi connectivity index (χ0n) is 8.17. The first kappa shape index (κ1) is 18.6. The van der Waals surface area contributed by atoms with Crippen LogP contribution in [0.25, 0.3) is 0 Å². The van der Waals surface area contributed by atoms with Gasteiger partial charge in [0.05, 0.1) is 0 Å². The van der Waals surface area contributed by atoms with Gasteiger partial charge in [-0.3, -0.25) is 0 Å². The van der Waals surface area contributed by atoms with Crippen molar-refractivity contribution in [3.63, 3.8) is 0 Å². The van der Waals surface area contributed by atoms with Gasteiger partial charge in [-0.05, 0) is 12.8 Å². The summed E-state index contributed by atoms with van der Waals surface area (Å²) in [5, 5.41) is 19.0. The zero-order valence-corrected chi connectivity index (χ0v) is 12.2. The maximum atomic E-state index is 9.49. The number of aliphatic carboxylic acids is 2. The average molecular weight is 287 g/mol. The normalized spacial score (nSPS) is 7.54. The number of carboxylic acids is 2. The van der Waals surface area contributed by atoms with Crippen molar-refractivity contribution in [1.29, 1.82) is 0 Å². The number of carbonyl (C=O) groups is 2. The largest absolute Gasteiger partial charge is 2.00 e. The van der Waals surface area contributed by atoms with Crippen LogP contribution < -0.4 is 10.2 Å². The smallest absolute Gasteiger partial charge is 0.550 e. The summed E-state index contributed by atoms with van der Waals surface area (Å²) in [7, 11) is 0. The molecule has 0 aromatic rings. The summed E-state index contributed by atoms with van der Waals surface area (Å²) in [4.78, 5) is 19.0. The molecule has 0 heterocycles. The second-order valence-electron chi connectivity index (χ2n) is 2.24. The molecule has 13 heavy (non-hydrogen) atoms. The molecule has 4 nitrogen and oxygen atoms in total. The molecule has 72 valence electrons. The third-order valence-corrected chi connectivity index (χ3v) is 0.908. The third-order valence-electron chi connectivity index (χ3n) is 0.908. The minimum Gasteiger partial charge on any atom is -0.550 e. The van der Waals surface area contributed by atoms with E-state index in [-0.39, 0.29) is 40.1 Å². The second-order valence-corrected chi connectivity index (χ2v) is 2.24. The minimum absolute atomic E-state index is 0. The van der Waals surface area contributed by atoms with E-state index in [1.54, 1.807) is 13.8 Å². The maximum Gasteiger partial charge on any atom is 2.00 e. The van der Waals surface area contributed by atoms with Gasteiger partial charge in [-0.1, -0.05) is 26.7 Å². The van der Waals surface area contributed by atoms with Crippen LogP contribution in [-0.4, -0.2) is 11.9 Å². The van der Waals surface area contributed by atoms with E-state index in [0.717, 1.165) is 0 Å². The molecule has 0 saturated heterocycles. The molecule has 0 aliphatic carbocycles. The molecule has 0 aromatic carbocycles. The molecular formula is C8H14CdO4. The van der Waals surface area contributed by atoms with Crippen molar-refractivity contribution in [2.24, 2.45) is 0 Å². The van der Waals surface area contributed by atoms with Crippen molar-refractivity contribution in [1.82, 2.24) is 0 Å². The Balaban J connectivity index is -0.000000143. The van der Waals surface area contributed by atoms with Crippen LogP contribution in [0.5, 0.6) is 0 Å². The minimum atomic E-state index is -0.961. The second kappa shape index (κ2) is 14.4. The van der Waals surface area contributed by atoms with Gasteiger partial charge >= 0.3 is 27.3 Å². The van der Waals surface area contributed by atoms with Crippen molar-refractivity contribution >= 4 is 11.9 Å². The topological polar surface area (TPSA) is 80.3 Å². The Morgan fingerprint density at radius 3 is 1.15 bits per heavy atom. The summed E-state index contributed by atoms with van der Waals surface area (Å²) in [5.74, 6) is -1.92. The van der Waals surface area contributed by atoms with Gasteiger partial charge in [-0.15, -0.1) is 0 Å². The van der Waals surface area contributed by atoms with Gasteiger partial charge in [0.1, 0.15) is 0 Å². The van der Waals surface area contributed by atoms with Crippen LogP contribution >= 0.6 is 0 Å². The Bertz CT molecular complexity index is 120. The van der Waals surface area contributed by atoms with Crippen LogP contribution in [-0.2, 0) is 36.9 Å². The fourth-order valence-electron chi connectivity index (χ4n) is 0.408. The van der Waals surface area contributed by atoms with Crippen molar-refractivity contribution in [3.8, 4) is 0 Å². The standard InChI is InChI=1S/2C4H8O2.Cd/c2*1-2-3-4(5)6;/h2*2-3H2,1H3,(H,5,6);/q;;+2/p-2. The van der Waals surface area contributed by atoms with E-state index in [0.29, 0.717) is 12.8 Å². The Labute approximate surface area is 98.5 Å². The van der Waals surface area contributed by atoms with Gasteiger partial charge in [0, 0.05) is 11.9 Å². The summed E-state index contributed by atoms with van der Waals surface area (Å²) in [6, 6.07) is 0. The summed E-state index contributed by atoms with van der Waals surface area (Å²) in [6.45, 7) is 3.60. The number of carboxylic acid groups (broad SMARTS) is 2. The first-order chi connectivity index (χ1) is 5.54. The molecule has 0 amide bonds. The third kappa shape index (κ3) is 33.6. The van der Waals surface area contributed by atoms with Crippen molar-refractivity contribution in [3.05, 3.63) is 0 Å². The fourth-order valence-corrected chi connectivity index (χ4v) is 0.408. The molecule has 0 aliphatic rings. The molecule has 0 aromatic heterocycles. The summed E-state index contributed by atoms with van der Waals surface area (Å²) in [5.41, 5.74) is 0. The number of hydrogen-bond donors (Lipinski definition) is 0. The molecule has 0 aliphatic heterocycles. The van der Waals surface area contributed by atoms with Gasteiger partial charge in [-0.2, -0.15) is 0 Å². The fraction of sp³-hybridized carbons (Fsp3) is 0.750. The van der Waals surface area contributed by atoms with Crippen LogP contribution in [0.15, 0.2) is 0 Å². The van der Waals surface area contributed by atoms with Crippen LogP contribution in [0.2, 0.25) is 0 Å². The molecule has 0 rings (SSSR count). The molecular weight excluding hydrogens is 272 g/mol. The van der Waals surface area contributed by atoms with Crippen molar-refractivity contribution in [2.75, 3.05) is 0 Å². The molecule has 0 N–H and O–H groups in total. The van der Waals surface area contributed by atoms with E-state index < -0.39 is 11.9 Å². The van der Waals surface area contributed by atoms with E-state index >= 15 is 0 Å². The first-order valence-electron chi connectivity index (χ1n) is 3.94. The van der Waals surface area contributed by atoms with Gasteiger partial charge < -0.3 is 19.8 Å². The SMILES string of the molecule is CCCC(=O)[O-].CCCC(=O)[O-].[Cd+2]. The van der Waals surface area contributed by atoms with Gasteiger partial charge in [0.2, 0.25) is 0 Å². The number of rotatable bonds is 4. The Hall–Kier alpha value is -0.138. The molecule has 0 atom stereocenters. The predicted molar refractivity (Wildman–Crippen MR) is 39.8 cm³/mol. The summed E-state index contributed by atoms with van der Waals surface area (Å²) in [6.07, 6.45) is 1.70. The Morgan fingerprint density at radius 1 is 0.923 bits per heavy atom. The van der Waals surface area contributed by atoms with E-state index in [9.17, 15) is 19.8 Å². The number of carbonyl (C=O) groups excluding carboxylic acids is 2. The monoisotopic (exact) mass is 288 g/mol. The van der Waals surface area contributed by atoms with Crippen LogP contribution in [0, 0.1) is 0 Å². The molecule has 0 bridgehead atoms. The van der Waals surface area contributed by atoms with E-state index in [2.05, 4.69) is 0 Å². The zero-order chi connectivity index (χ0) is 9.98. The molecule has 0 spiro atoms. The van der Waals surface area contributed by atoms with Gasteiger partial charge in [0.25, 0.3) is 0 Å². The summed E-state index contributed by atoms with van der Waals surface area (Å²) < 4.78 is 0. The first-order valence-corrected chi connectivity index (χ1v) is 3.94. The van der Waals surface area contributed by atoms with Gasteiger partial charge in [0.15, 0.2) is 0 Å². The van der Waals surface area contributed by atoms with E-state index in [1.165, 1.54) is 0 Å². The predicted octanol–water partition coefficient (Wildman–Crippen LogP) is -0.930. The van der Waals surface area contributed by atoms with Crippen molar-refractivity contribution < 1.29 is 47.1 Å². The molecule has 0 fully saturated rings. The molecule has 0 saturated carbocycles. The quantitative estimate of drug-likeness (QED) is 0.626. The van der Waals surface area contributed by atoms with Gasteiger partial charge in [-0.25, -0.2) is 0 Å². The Kier molecular flexibility index (Phi) is 20.6. The molecule has 0 unspecified atom stereocenters. The van der Waals surface area contributed by atoms with Crippen molar-refractivity contribution in [2.45, 2.75) is 39.5 Å². The van der Waals surface area contributed by atoms with E-state index in [1.807, 2.05) is 0 Å². The van der Waals surface area contributed by atoms with Crippen LogP contribution in [0.1, 0.15) is 39.5 Å².